The predicted molar refractivity (Wildman–Crippen MR) is 87.5 cm³/mol. The fourth-order valence-electron chi connectivity index (χ4n) is 3.03. The molecule has 2 heterocycles. The van der Waals surface area contributed by atoms with E-state index in [4.69, 9.17) is 0 Å². The van der Waals surface area contributed by atoms with Gasteiger partial charge in [-0.05, 0) is 30.9 Å². The summed E-state index contributed by atoms with van der Waals surface area (Å²) in [5.41, 5.74) is 0.175. The van der Waals surface area contributed by atoms with Gasteiger partial charge in [-0.3, -0.25) is 9.78 Å². The Bertz CT molecular complexity index is 736. The first-order chi connectivity index (χ1) is 11.5. The summed E-state index contributed by atoms with van der Waals surface area (Å²) in [6.45, 7) is 2.16. The van der Waals surface area contributed by atoms with Crippen LogP contribution in [0, 0.1) is 5.92 Å². The highest BCUT2D eigenvalue weighted by Gasteiger charge is 2.25. The quantitative estimate of drug-likeness (QED) is 0.797. The third-order valence-electron chi connectivity index (χ3n) is 4.25. The average molecular weight is 328 g/mol. The zero-order chi connectivity index (χ0) is 17.1. The molecule has 1 amide bonds. The molecule has 0 aromatic carbocycles. The Morgan fingerprint density at radius 2 is 2.08 bits per heavy atom. The zero-order valence-corrected chi connectivity index (χ0v) is 13.4. The highest BCUT2D eigenvalue weighted by atomic mass is 16.3. The standard InChI is InChI=1S/C17H20N4O3/c1-10-5-4-6-11(9-10)19-16(23)13-14(22)17(24)21-15(20-13)12-7-2-3-8-18-12/h2-3,7-8,10-11,22H,4-6,9H2,1H3,(H,19,23)(H,20,21,24). The van der Waals surface area contributed by atoms with Crippen LogP contribution in [0.2, 0.25) is 0 Å². The minimum Gasteiger partial charge on any atom is -0.501 e. The molecule has 1 saturated carbocycles. The molecule has 126 valence electrons. The molecular weight excluding hydrogens is 308 g/mol. The number of rotatable bonds is 3. The lowest BCUT2D eigenvalue weighted by Gasteiger charge is -2.27. The van der Waals surface area contributed by atoms with E-state index in [1.54, 1.807) is 24.4 Å². The number of carbonyl (C=O) groups is 1. The first-order valence-corrected chi connectivity index (χ1v) is 8.07. The highest BCUT2D eigenvalue weighted by Crippen LogP contribution is 2.29. The van der Waals surface area contributed by atoms with E-state index in [1.807, 2.05) is 0 Å². The van der Waals surface area contributed by atoms with Gasteiger partial charge in [-0.15, -0.1) is 0 Å². The topological polar surface area (TPSA) is 108 Å². The summed E-state index contributed by atoms with van der Waals surface area (Å²) in [6.07, 6.45) is 5.59. The van der Waals surface area contributed by atoms with Crippen molar-refractivity contribution < 1.29 is 15.0 Å². The van der Waals surface area contributed by atoms with E-state index in [0.29, 0.717) is 11.6 Å². The van der Waals surface area contributed by atoms with E-state index >= 15 is 0 Å². The van der Waals surface area contributed by atoms with Crippen molar-refractivity contribution in [3.63, 3.8) is 0 Å². The summed E-state index contributed by atoms with van der Waals surface area (Å²) >= 11 is 0. The smallest absolute Gasteiger partial charge is 0.274 e. The molecule has 0 bridgehead atoms. The number of aromatic nitrogens is 3. The molecule has 7 heteroatoms. The maximum absolute atomic E-state index is 12.5. The van der Waals surface area contributed by atoms with Crippen molar-refractivity contribution >= 4 is 5.91 Å². The van der Waals surface area contributed by atoms with E-state index < -0.39 is 17.5 Å². The lowest BCUT2D eigenvalue weighted by molar-refractivity contribution is 0.0912. The monoisotopic (exact) mass is 328 g/mol. The third-order valence-corrected chi connectivity index (χ3v) is 4.25. The molecule has 3 rings (SSSR count). The van der Waals surface area contributed by atoms with Crippen molar-refractivity contribution in [2.24, 2.45) is 5.92 Å². The summed E-state index contributed by atoms with van der Waals surface area (Å²) in [6, 6.07) is 5.20. The predicted octanol–water partition coefficient (Wildman–Crippen LogP) is 2.26. The van der Waals surface area contributed by atoms with Crippen LogP contribution in [-0.2, 0) is 0 Å². The Morgan fingerprint density at radius 1 is 1.25 bits per heavy atom. The first-order valence-electron chi connectivity index (χ1n) is 8.07. The number of aromatic hydroxyl groups is 2. The van der Waals surface area contributed by atoms with Crippen LogP contribution in [-0.4, -0.2) is 37.1 Å². The Morgan fingerprint density at radius 3 is 2.79 bits per heavy atom. The van der Waals surface area contributed by atoms with Gasteiger partial charge in [0.2, 0.25) is 5.75 Å². The Hall–Kier alpha value is -2.70. The fraction of sp³-hybridized carbons (Fsp3) is 0.412. The summed E-state index contributed by atoms with van der Waals surface area (Å²) in [5, 5.41) is 22.7. The van der Waals surface area contributed by atoms with Crippen molar-refractivity contribution in [3.8, 4) is 23.1 Å². The number of amides is 1. The lowest BCUT2D eigenvalue weighted by Crippen LogP contribution is -2.38. The number of hydrogen-bond acceptors (Lipinski definition) is 6. The van der Waals surface area contributed by atoms with Gasteiger partial charge >= 0.3 is 0 Å². The molecule has 3 N–H and O–H groups in total. The molecule has 1 aliphatic rings. The van der Waals surface area contributed by atoms with Crippen LogP contribution in [0.25, 0.3) is 11.5 Å². The van der Waals surface area contributed by atoms with E-state index in [0.717, 1.165) is 25.7 Å². The Labute approximate surface area is 139 Å². The Balaban J connectivity index is 1.86. The van der Waals surface area contributed by atoms with Gasteiger partial charge in [-0.2, -0.15) is 4.98 Å². The van der Waals surface area contributed by atoms with E-state index in [1.165, 1.54) is 0 Å². The van der Waals surface area contributed by atoms with Crippen molar-refractivity contribution in [2.75, 3.05) is 0 Å². The molecule has 24 heavy (non-hydrogen) atoms. The average Bonchev–Trinajstić information content (AvgIpc) is 2.58. The van der Waals surface area contributed by atoms with E-state index in [-0.39, 0.29) is 17.6 Å². The van der Waals surface area contributed by atoms with Gasteiger partial charge in [-0.25, -0.2) is 4.98 Å². The van der Waals surface area contributed by atoms with Crippen LogP contribution in [0.3, 0.4) is 0 Å². The van der Waals surface area contributed by atoms with Crippen LogP contribution in [0.4, 0.5) is 0 Å². The van der Waals surface area contributed by atoms with E-state index in [9.17, 15) is 15.0 Å². The number of hydrogen-bond donors (Lipinski definition) is 3. The van der Waals surface area contributed by atoms with Crippen LogP contribution in [0.1, 0.15) is 43.1 Å². The summed E-state index contributed by atoms with van der Waals surface area (Å²) in [4.78, 5) is 24.5. The molecule has 2 aromatic heterocycles. The summed E-state index contributed by atoms with van der Waals surface area (Å²) in [5.74, 6) is -1.11. The van der Waals surface area contributed by atoms with Crippen molar-refractivity contribution in [3.05, 3.63) is 30.1 Å². The molecule has 0 spiro atoms. The number of pyridine rings is 1. The van der Waals surface area contributed by atoms with Gasteiger partial charge in [0.05, 0.1) is 0 Å². The van der Waals surface area contributed by atoms with E-state index in [2.05, 4.69) is 27.2 Å². The molecule has 7 nitrogen and oxygen atoms in total. The van der Waals surface area contributed by atoms with Gasteiger partial charge in [0.25, 0.3) is 11.8 Å². The fourth-order valence-corrected chi connectivity index (χ4v) is 3.03. The lowest BCUT2D eigenvalue weighted by atomic mass is 9.87. The molecular formula is C17H20N4O3. The minimum atomic E-state index is -0.632. The van der Waals surface area contributed by atoms with Gasteiger partial charge in [0.15, 0.2) is 11.5 Å². The van der Waals surface area contributed by atoms with Gasteiger partial charge in [0.1, 0.15) is 5.69 Å². The molecule has 2 unspecified atom stereocenters. The van der Waals surface area contributed by atoms with Gasteiger partial charge in [-0.1, -0.05) is 25.8 Å². The van der Waals surface area contributed by atoms with Crippen molar-refractivity contribution in [2.45, 2.75) is 38.6 Å². The third kappa shape index (κ3) is 3.45. The molecule has 2 atom stereocenters. The van der Waals surface area contributed by atoms with Crippen molar-refractivity contribution in [1.82, 2.24) is 20.3 Å². The largest absolute Gasteiger partial charge is 0.501 e. The SMILES string of the molecule is CC1CCCC(NC(=O)c2nc(-c3ccccn3)nc(O)c2O)C1. The normalized spacial score (nSPS) is 20.5. The van der Waals surface area contributed by atoms with Gasteiger partial charge < -0.3 is 15.5 Å². The molecule has 1 fully saturated rings. The highest BCUT2D eigenvalue weighted by molar-refractivity contribution is 5.96. The van der Waals surface area contributed by atoms with Gasteiger partial charge in [0, 0.05) is 12.2 Å². The summed E-state index contributed by atoms with van der Waals surface area (Å²) < 4.78 is 0. The summed E-state index contributed by atoms with van der Waals surface area (Å²) in [7, 11) is 0. The molecule has 2 aromatic rings. The number of carbonyl (C=O) groups excluding carboxylic acids is 1. The molecule has 0 radical (unpaired) electrons. The second kappa shape index (κ2) is 6.82. The maximum Gasteiger partial charge on any atom is 0.274 e. The molecule has 1 aliphatic carbocycles. The number of nitrogens with one attached hydrogen (secondary N) is 1. The zero-order valence-electron chi connectivity index (χ0n) is 13.4. The van der Waals surface area contributed by atoms with Crippen LogP contribution >= 0.6 is 0 Å². The minimum absolute atomic E-state index is 0.0519. The molecule has 0 saturated heterocycles. The Kier molecular flexibility index (Phi) is 4.59. The first kappa shape index (κ1) is 16.2. The second-order valence-corrected chi connectivity index (χ2v) is 6.23. The molecule has 0 aliphatic heterocycles. The van der Waals surface area contributed by atoms with Crippen molar-refractivity contribution in [1.29, 1.82) is 0 Å². The van der Waals surface area contributed by atoms with Crippen LogP contribution in [0.5, 0.6) is 11.6 Å². The van der Waals surface area contributed by atoms with Crippen LogP contribution in [0.15, 0.2) is 24.4 Å². The van der Waals surface area contributed by atoms with Crippen LogP contribution < -0.4 is 5.32 Å². The maximum atomic E-state index is 12.5. The second-order valence-electron chi connectivity index (χ2n) is 6.23. The number of nitrogens with zero attached hydrogens (tertiary/aromatic N) is 3.